The smallest absolute Gasteiger partial charge is 0.306 e. The van der Waals surface area contributed by atoms with Gasteiger partial charge < -0.3 is 20.3 Å². The Morgan fingerprint density at radius 2 is 1.90 bits per heavy atom. The average Bonchev–Trinajstić information content (AvgIpc) is 2.46. The van der Waals surface area contributed by atoms with Crippen molar-refractivity contribution in [2.24, 2.45) is 11.8 Å². The van der Waals surface area contributed by atoms with E-state index in [4.69, 9.17) is 9.84 Å². The van der Waals surface area contributed by atoms with Crippen LogP contribution in [0.4, 0.5) is 0 Å². The monoisotopic (exact) mass is 285 g/mol. The molecule has 1 saturated heterocycles. The van der Waals surface area contributed by atoms with Crippen molar-refractivity contribution in [2.75, 3.05) is 19.8 Å². The molecule has 0 bridgehead atoms. The molecule has 5 nitrogen and oxygen atoms in total. The second kappa shape index (κ2) is 6.87. The van der Waals surface area contributed by atoms with E-state index >= 15 is 0 Å². The number of nitrogens with one attached hydrogen (secondary N) is 1. The van der Waals surface area contributed by atoms with Gasteiger partial charge in [0.15, 0.2) is 0 Å². The lowest BCUT2D eigenvalue weighted by molar-refractivity contribution is -0.144. The molecule has 0 aromatic rings. The van der Waals surface area contributed by atoms with Gasteiger partial charge in [0.25, 0.3) is 0 Å². The molecular weight excluding hydrogens is 258 g/mol. The predicted octanol–water partition coefficient (Wildman–Crippen LogP) is 1.40. The summed E-state index contributed by atoms with van der Waals surface area (Å²) in [5.41, 5.74) is -0.731. The molecule has 0 aromatic heterocycles. The van der Waals surface area contributed by atoms with Crippen molar-refractivity contribution in [2.45, 2.75) is 57.1 Å². The fourth-order valence-electron chi connectivity index (χ4n) is 3.31. The van der Waals surface area contributed by atoms with Crippen molar-refractivity contribution >= 4 is 5.97 Å². The standard InChI is InChI=1S/C15H27NO4/c1-11(12-4-8-20-9-5-12)16-10-15(19)6-2-13(3-7-15)14(17)18/h11-13,16,19H,2-10H2,1H3,(H,17,18). The summed E-state index contributed by atoms with van der Waals surface area (Å²) in [7, 11) is 0. The SMILES string of the molecule is CC(NCC1(O)CCC(C(=O)O)CC1)C1CCOCC1. The zero-order valence-corrected chi connectivity index (χ0v) is 12.3. The molecule has 0 aromatic carbocycles. The van der Waals surface area contributed by atoms with Crippen LogP contribution in [0, 0.1) is 11.8 Å². The molecular formula is C15H27NO4. The Bertz CT molecular complexity index is 320. The molecule has 1 aliphatic carbocycles. The second-order valence-electron chi connectivity index (χ2n) is 6.46. The van der Waals surface area contributed by atoms with Gasteiger partial charge >= 0.3 is 5.97 Å². The number of carbonyl (C=O) groups is 1. The van der Waals surface area contributed by atoms with Gasteiger partial charge in [0.2, 0.25) is 0 Å². The van der Waals surface area contributed by atoms with E-state index in [9.17, 15) is 9.90 Å². The van der Waals surface area contributed by atoms with Crippen LogP contribution in [0.5, 0.6) is 0 Å². The first-order valence-electron chi connectivity index (χ1n) is 7.76. The highest BCUT2D eigenvalue weighted by molar-refractivity contribution is 5.70. The average molecular weight is 285 g/mol. The van der Waals surface area contributed by atoms with E-state index < -0.39 is 11.6 Å². The van der Waals surface area contributed by atoms with Crippen LogP contribution in [0.1, 0.15) is 45.4 Å². The van der Waals surface area contributed by atoms with Crippen LogP contribution in [0.2, 0.25) is 0 Å². The van der Waals surface area contributed by atoms with Crippen molar-refractivity contribution in [3.63, 3.8) is 0 Å². The van der Waals surface area contributed by atoms with Gasteiger partial charge in [-0.05, 0) is 51.4 Å². The molecule has 0 radical (unpaired) electrons. The van der Waals surface area contributed by atoms with Crippen LogP contribution in [0.3, 0.4) is 0 Å². The summed E-state index contributed by atoms with van der Waals surface area (Å²) >= 11 is 0. The van der Waals surface area contributed by atoms with E-state index in [1.165, 1.54) is 0 Å². The van der Waals surface area contributed by atoms with Crippen molar-refractivity contribution in [1.29, 1.82) is 0 Å². The number of carboxylic acid groups (broad SMARTS) is 1. The van der Waals surface area contributed by atoms with Gasteiger partial charge in [-0.25, -0.2) is 0 Å². The van der Waals surface area contributed by atoms with E-state index in [-0.39, 0.29) is 5.92 Å². The van der Waals surface area contributed by atoms with E-state index in [0.29, 0.717) is 44.2 Å². The number of hydrogen-bond donors (Lipinski definition) is 3. The summed E-state index contributed by atoms with van der Waals surface area (Å²) in [5, 5.41) is 23.0. The lowest BCUT2D eigenvalue weighted by Crippen LogP contribution is -2.48. The van der Waals surface area contributed by atoms with Crippen LogP contribution in [0.15, 0.2) is 0 Å². The molecule has 1 atom stereocenters. The summed E-state index contributed by atoms with van der Waals surface area (Å²) in [5.74, 6) is -0.388. The van der Waals surface area contributed by atoms with Gasteiger partial charge in [0.05, 0.1) is 11.5 Å². The highest BCUT2D eigenvalue weighted by atomic mass is 16.5. The summed E-state index contributed by atoms with van der Waals surface area (Å²) in [6, 6.07) is 0.375. The largest absolute Gasteiger partial charge is 0.481 e. The van der Waals surface area contributed by atoms with Gasteiger partial charge in [0, 0.05) is 25.8 Å². The number of aliphatic hydroxyl groups is 1. The maximum Gasteiger partial charge on any atom is 0.306 e. The van der Waals surface area contributed by atoms with Crippen LogP contribution >= 0.6 is 0 Å². The highest BCUT2D eigenvalue weighted by Gasteiger charge is 2.36. The quantitative estimate of drug-likeness (QED) is 0.711. The van der Waals surface area contributed by atoms with Crippen LogP contribution < -0.4 is 5.32 Å². The number of carboxylic acids is 1. The minimum atomic E-state index is -0.731. The molecule has 2 fully saturated rings. The van der Waals surface area contributed by atoms with Crippen molar-refractivity contribution in [3.8, 4) is 0 Å². The first kappa shape index (κ1) is 15.7. The molecule has 1 heterocycles. The maximum absolute atomic E-state index is 10.9. The summed E-state index contributed by atoms with van der Waals surface area (Å²) in [4.78, 5) is 10.9. The topological polar surface area (TPSA) is 78.8 Å². The lowest BCUT2D eigenvalue weighted by Gasteiger charge is -2.37. The van der Waals surface area contributed by atoms with Gasteiger partial charge in [-0.1, -0.05) is 0 Å². The molecule has 116 valence electrons. The van der Waals surface area contributed by atoms with Crippen LogP contribution in [-0.4, -0.2) is 47.6 Å². The molecule has 1 aliphatic heterocycles. The van der Waals surface area contributed by atoms with Crippen molar-refractivity contribution < 1.29 is 19.7 Å². The number of aliphatic carboxylic acids is 1. The molecule has 1 saturated carbocycles. The predicted molar refractivity (Wildman–Crippen MR) is 75.6 cm³/mol. The van der Waals surface area contributed by atoms with Gasteiger partial charge in [-0.2, -0.15) is 0 Å². The van der Waals surface area contributed by atoms with Gasteiger partial charge in [-0.3, -0.25) is 4.79 Å². The van der Waals surface area contributed by atoms with E-state index in [1.807, 2.05) is 0 Å². The fraction of sp³-hybridized carbons (Fsp3) is 0.933. The van der Waals surface area contributed by atoms with E-state index in [1.54, 1.807) is 0 Å². The minimum Gasteiger partial charge on any atom is -0.481 e. The lowest BCUT2D eigenvalue weighted by atomic mass is 9.78. The summed E-state index contributed by atoms with van der Waals surface area (Å²) < 4.78 is 5.37. The third-order valence-corrected chi connectivity index (χ3v) is 4.99. The summed E-state index contributed by atoms with van der Waals surface area (Å²) in [6.45, 7) is 4.41. The molecule has 2 aliphatic rings. The Morgan fingerprint density at radius 1 is 1.30 bits per heavy atom. The Morgan fingerprint density at radius 3 is 2.45 bits per heavy atom. The second-order valence-corrected chi connectivity index (χ2v) is 6.46. The zero-order chi connectivity index (χ0) is 14.6. The number of hydrogen-bond acceptors (Lipinski definition) is 4. The van der Waals surface area contributed by atoms with Crippen molar-refractivity contribution in [3.05, 3.63) is 0 Å². The van der Waals surface area contributed by atoms with E-state index in [2.05, 4.69) is 12.2 Å². The molecule has 20 heavy (non-hydrogen) atoms. The van der Waals surface area contributed by atoms with E-state index in [0.717, 1.165) is 26.1 Å². The molecule has 3 N–H and O–H groups in total. The summed E-state index contributed by atoms with van der Waals surface area (Å²) in [6.07, 6.45) is 4.48. The minimum absolute atomic E-state index is 0.275. The third kappa shape index (κ3) is 4.17. The molecule has 1 unspecified atom stereocenters. The van der Waals surface area contributed by atoms with Crippen LogP contribution in [-0.2, 0) is 9.53 Å². The first-order chi connectivity index (χ1) is 9.50. The Labute approximate surface area is 120 Å². The zero-order valence-electron chi connectivity index (χ0n) is 12.3. The number of ether oxygens (including phenoxy) is 1. The maximum atomic E-state index is 10.9. The molecule has 2 rings (SSSR count). The van der Waals surface area contributed by atoms with Crippen molar-refractivity contribution in [1.82, 2.24) is 5.32 Å². The highest BCUT2D eigenvalue weighted by Crippen LogP contribution is 2.32. The Hall–Kier alpha value is -0.650. The van der Waals surface area contributed by atoms with Gasteiger partial charge in [-0.15, -0.1) is 0 Å². The normalized spacial score (nSPS) is 33.8. The third-order valence-electron chi connectivity index (χ3n) is 4.99. The van der Waals surface area contributed by atoms with Gasteiger partial charge in [0.1, 0.15) is 0 Å². The van der Waals surface area contributed by atoms with Crippen LogP contribution in [0.25, 0.3) is 0 Å². The first-order valence-corrected chi connectivity index (χ1v) is 7.76. The Kier molecular flexibility index (Phi) is 5.41. The fourth-order valence-corrected chi connectivity index (χ4v) is 3.31. The number of rotatable bonds is 5. The molecule has 5 heteroatoms. The Balaban J connectivity index is 1.74. The molecule has 0 amide bonds. The molecule has 0 spiro atoms.